The fourth-order valence-corrected chi connectivity index (χ4v) is 3.97. The molecular weight excluding hydrogens is 407 g/mol. The smallest absolute Gasteiger partial charge is 0.433 e. The monoisotopic (exact) mass is 437 g/mol. The number of halogens is 3. The van der Waals surface area contributed by atoms with E-state index in [1.54, 1.807) is 11.8 Å². The number of rotatable bonds is 4. The van der Waals surface area contributed by atoms with Gasteiger partial charge >= 0.3 is 12.3 Å². The topological polar surface area (TPSA) is 47.4 Å². The maximum absolute atomic E-state index is 13.5. The molecule has 0 bridgehead atoms. The summed E-state index contributed by atoms with van der Waals surface area (Å²) >= 11 is 0. The van der Waals surface area contributed by atoms with Crippen molar-refractivity contribution in [3.05, 3.63) is 52.8 Å². The molecule has 2 heterocycles. The molecule has 0 unspecified atom stereocenters. The van der Waals surface area contributed by atoms with E-state index in [9.17, 15) is 18.0 Å². The molecule has 1 fully saturated rings. The van der Waals surface area contributed by atoms with Crippen LogP contribution in [0.3, 0.4) is 0 Å². The molecule has 0 N–H and O–H groups in total. The van der Waals surface area contributed by atoms with Crippen molar-refractivity contribution in [3.63, 3.8) is 0 Å². The standard InChI is InChI=1S/C23H30F3N3O2/c1-5-17-14-27-29(20(17)23(24,25)26)15-16-7-6-8-19(13-16)18-9-11-28(12-10-18)21(30)31-22(2,3)4/h6-8,13-14,18H,5,9-12,15H2,1-4H3. The molecule has 31 heavy (non-hydrogen) atoms. The lowest BCUT2D eigenvalue weighted by Crippen LogP contribution is -2.41. The fourth-order valence-electron chi connectivity index (χ4n) is 3.97. The minimum Gasteiger partial charge on any atom is -0.444 e. The molecule has 3 rings (SSSR count). The molecule has 1 aliphatic heterocycles. The van der Waals surface area contributed by atoms with Gasteiger partial charge in [0.15, 0.2) is 0 Å². The molecule has 2 aromatic rings. The lowest BCUT2D eigenvalue weighted by molar-refractivity contribution is -0.144. The van der Waals surface area contributed by atoms with Gasteiger partial charge in [-0.3, -0.25) is 4.68 Å². The van der Waals surface area contributed by atoms with Gasteiger partial charge < -0.3 is 9.64 Å². The van der Waals surface area contributed by atoms with Crippen LogP contribution in [0, 0.1) is 0 Å². The molecule has 1 saturated heterocycles. The zero-order chi connectivity index (χ0) is 22.8. The lowest BCUT2D eigenvalue weighted by atomic mass is 9.88. The highest BCUT2D eigenvalue weighted by Gasteiger charge is 2.37. The molecule has 1 aliphatic rings. The first-order valence-electron chi connectivity index (χ1n) is 10.7. The Labute approximate surface area is 181 Å². The first-order chi connectivity index (χ1) is 14.5. The third-order valence-corrected chi connectivity index (χ3v) is 5.47. The summed E-state index contributed by atoms with van der Waals surface area (Å²) in [5.41, 5.74) is 0.868. The fraction of sp³-hybridized carbons (Fsp3) is 0.565. The summed E-state index contributed by atoms with van der Waals surface area (Å²) in [7, 11) is 0. The zero-order valence-electron chi connectivity index (χ0n) is 18.5. The number of alkyl halides is 3. The first kappa shape index (κ1) is 23.2. The van der Waals surface area contributed by atoms with Gasteiger partial charge in [0.05, 0.1) is 12.7 Å². The number of carbonyl (C=O) groups is 1. The highest BCUT2D eigenvalue weighted by molar-refractivity contribution is 5.68. The second-order valence-corrected chi connectivity index (χ2v) is 9.01. The second-order valence-electron chi connectivity index (χ2n) is 9.01. The maximum atomic E-state index is 13.5. The highest BCUT2D eigenvalue weighted by Crippen LogP contribution is 2.33. The van der Waals surface area contributed by atoms with E-state index in [1.165, 1.54) is 6.20 Å². The number of amides is 1. The molecule has 170 valence electrons. The van der Waals surface area contributed by atoms with Crippen LogP contribution in [0.2, 0.25) is 0 Å². The lowest BCUT2D eigenvalue weighted by Gasteiger charge is -2.33. The van der Waals surface area contributed by atoms with Crippen molar-refractivity contribution in [2.24, 2.45) is 0 Å². The first-order valence-corrected chi connectivity index (χ1v) is 10.7. The van der Waals surface area contributed by atoms with Crippen LogP contribution < -0.4 is 0 Å². The van der Waals surface area contributed by atoms with E-state index in [0.717, 1.165) is 28.7 Å². The van der Waals surface area contributed by atoms with Gasteiger partial charge in [-0.2, -0.15) is 18.3 Å². The number of benzene rings is 1. The molecule has 0 atom stereocenters. The largest absolute Gasteiger partial charge is 0.444 e. The van der Waals surface area contributed by atoms with Crippen molar-refractivity contribution in [1.82, 2.24) is 14.7 Å². The summed E-state index contributed by atoms with van der Waals surface area (Å²) in [5, 5.41) is 3.99. The van der Waals surface area contributed by atoms with Gasteiger partial charge in [-0.1, -0.05) is 31.2 Å². The molecule has 8 heteroatoms. The van der Waals surface area contributed by atoms with Crippen LogP contribution in [-0.2, 0) is 23.9 Å². The molecule has 1 aromatic heterocycles. The summed E-state index contributed by atoms with van der Waals surface area (Å²) in [4.78, 5) is 14.0. The summed E-state index contributed by atoms with van der Waals surface area (Å²) in [6.45, 7) is 8.49. The Morgan fingerprint density at radius 2 is 1.87 bits per heavy atom. The number of aryl methyl sites for hydroxylation is 1. The highest BCUT2D eigenvalue weighted by atomic mass is 19.4. The molecule has 0 spiro atoms. The number of aromatic nitrogens is 2. The number of ether oxygens (including phenoxy) is 1. The Morgan fingerprint density at radius 1 is 1.19 bits per heavy atom. The third-order valence-electron chi connectivity index (χ3n) is 5.47. The SMILES string of the molecule is CCc1cnn(Cc2cccc(C3CCN(C(=O)OC(C)(C)C)CC3)c2)c1C(F)(F)F. The normalized spacial score (nSPS) is 15.9. The minimum absolute atomic E-state index is 0.0689. The molecule has 0 radical (unpaired) electrons. The van der Waals surface area contributed by atoms with Crippen molar-refractivity contribution in [1.29, 1.82) is 0 Å². The quantitative estimate of drug-likeness (QED) is 0.623. The Balaban J connectivity index is 1.69. The van der Waals surface area contributed by atoms with Crippen molar-refractivity contribution in [3.8, 4) is 0 Å². The summed E-state index contributed by atoms with van der Waals surface area (Å²) < 4.78 is 47.0. The molecule has 0 saturated carbocycles. The molecular formula is C23H30F3N3O2. The van der Waals surface area contributed by atoms with Crippen LogP contribution in [0.5, 0.6) is 0 Å². The Hall–Kier alpha value is -2.51. The molecule has 1 aromatic carbocycles. The van der Waals surface area contributed by atoms with Gasteiger partial charge in [-0.15, -0.1) is 0 Å². The van der Waals surface area contributed by atoms with E-state index < -0.39 is 17.5 Å². The second kappa shape index (κ2) is 8.93. The summed E-state index contributed by atoms with van der Waals surface area (Å²) in [6, 6.07) is 7.67. The van der Waals surface area contributed by atoms with E-state index in [2.05, 4.69) is 5.10 Å². The number of hydrogen-bond acceptors (Lipinski definition) is 3. The van der Waals surface area contributed by atoms with Gasteiger partial charge in [0.25, 0.3) is 0 Å². The van der Waals surface area contributed by atoms with Crippen molar-refractivity contribution >= 4 is 6.09 Å². The number of carbonyl (C=O) groups excluding carboxylic acids is 1. The molecule has 1 amide bonds. The number of piperidine rings is 1. The molecule has 5 nitrogen and oxygen atoms in total. The predicted octanol–water partition coefficient (Wildman–Crippen LogP) is 5.63. The van der Waals surface area contributed by atoms with Crippen LogP contribution in [0.25, 0.3) is 0 Å². The van der Waals surface area contributed by atoms with Crippen molar-refractivity contribution in [2.45, 2.75) is 71.2 Å². The van der Waals surface area contributed by atoms with E-state index in [-0.39, 0.29) is 30.5 Å². The Bertz CT molecular complexity index is 908. The van der Waals surface area contributed by atoms with Gasteiger partial charge in [-0.05, 0) is 57.1 Å². The van der Waals surface area contributed by atoms with Crippen LogP contribution in [-0.4, -0.2) is 39.5 Å². The van der Waals surface area contributed by atoms with E-state index in [0.29, 0.717) is 13.1 Å². The predicted molar refractivity (Wildman–Crippen MR) is 112 cm³/mol. The average molecular weight is 438 g/mol. The maximum Gasteiger partial charge on any atom is 0.433 e. The number of nitrogens with zero attached hydrogens (tertiary/aromatic N) is 3. The summed E-state index contributed by atoms with van der Waals surface area (Å²) in [5.74, 6) is 0.254. The van der Waals surface area contributed by atoms with Crippen LogP contribution in [0.4, 0.5) is 18.0 Å². The Morgan fingerprint density at radius 3 is 2.45 bits per heavy atom. The van der Waals surface area contributed by atoms with Crippen LogP contribution in [0.15, 0.2) is 30.5 Å². The van der Waals surface area contributed by atoms with Crippen molar-refractivity contribution < 1.29 is 22.7 Å². The van der Waals surface area contributed by atoms with Gasteiger partial charge in [0.2, 0.25) is 0 Å². The number of likely N-dealkylation sites (tertiary alicyclic amines) is 1. The third kappa shape index (κ3) is 5.80. The van der Waals surface area contributed by atoms with Gasteiger partial charge in [0.1, 0.15) is 11.3 Å². The van der Waals surface area contributed by atoms with Crippen molar-refractivity contribution in [2.75, 3.05) is 13.1 Å². The van der Waals surface area contributed by atoms with E-state index in [1.807, 2.05) is 45.0 Å². The van der Waals surface area contributed by atoms with Gasteiger partial charge in [-0.25, -0.2) is 4.79 Å². The number of hydrogen-bond donors (Lipinski definition) is 0. The summed E-state index contributed by atoms with van der Waals surface area (Å²) in [6.07, 6.45) is -1.57. The van der Waals surface area contributed by atoms with Gasteiger partial charge in [0, 0.05) is 18.7 Å². The van der Waals surface area contributed by atoms with Crippen LogP contribution >= 0.6 is 0 Å². The average Bonchev–Trinajstić information content (AvgIpc) is 3.10. The van der Waals surface area contributed by atoms with E-state index >= 15 is 0 Å². The minimum atomic E-state index is -4.44. The molecule has 0 aliphatic carbocycles. The van der Waals surface area contributed by atoms with Crippen LogP contribution in [0.1, 0.15) is 68.8 Å². The van der Waals surface area contributed by atoms with E-state index in [4.69, 9.17) is 4.74 Å². The Kier molecular flexibility index (Phi) is 6.67. The zero-order valence-corrected chi connectivity index (χ0v) is 18.5.